The third-order valence-corrected chi connectivity index (χ3v) is 2.66. The molecule has 1 aliphatic rings. The Hall–Kier alpha value is -0.930. The van der Waals surface area contributed by atoms with E-state index in [1.165, 1.54) is 5.56 Å². The summed E-state index contributed by atoms with van der Waals surface area (Å²) in [5.74, 6) is 2.38. The Balaban J connectivity index is 0.00000112. The monoisotopic (exact) mass is 229 g/mol. The molecule has 1 fully saturated rings. The second kappa shape index (κ2) is 5.24. The van der Waals surface area contributed by atoms with E-state index in [4.69, 9.17) is 9.47 Å². The Labute approximate surface area is 96.2 Å². The van der Waals surface area contributed by atoms with Crippen molar-refractivity contribution in [3.05, 3.63) is 23.8 Å². The van der Waals surface area contributed by atoms with Crippen molar-refractivity contribution in [2.24, 2.45) is 0 Å². The van der Waals surface area contributed by atoms with E-state index in [0.29, 0.717) is 5.92 Å². The maximum atomic E-state index is 5.34. The number of hydrogen-bond acceptors (Lipinski definition) is 3. The van der Waals surface area contributed by atoms with Crippen LogP contribution in [0, 0.1) is 0 Å². The van der Waals surface area contributed by atoms with Gasteiger partial charge in [0.2, 0.25) is 0 Å². The average Bonchev–Trinajstić information content (AvgIpc) is 2.15. The van der Waals surface area contributed by atoms with E-state index < -0.39 is 0 Å². The highest BCUT2D eigenvalue weighted by Crippen LogP contribution is 2.36. The maximum absolute atomic E-state index is 5.34. The summed E-state index contributed by atoms with van der Waals surface area (Å²) in [6.07, 6.45) is 0. The molecule has 1 N–H and O–H groups in total. The SMILES string of the molecule is COc1cccc(OC)c1C1CNC1.Cl. The molecule has 3 nitrogen and oxygen atoms in total. The minimum atomic E-state index is 0. The summed E-state index contributed by atoms with van der Waals surface area (Å²) >= 11 is 0. The highest BCUT2D eigenvalue weighted by atomic mass is 35.5. The summed E-state index contributed by atoms with van der Waals surface area (Å²) in [6, 6.07) is 5.92. The first-order valence-electron chi connectivity index (χ1n) is 4.78. The van der Waals surface area contributed by atoms with Crippen molar-refractivity contribution in [1.29, 1.82) is 0 Å². The fourth-order valence-corrected chi connectivity index (χ4v) is 1.78. The van der Waals surface area contributed by atoms with Crippen LogP contribution in [0.4, 0.5) is 0 Å². The summed E-state index contributed by atoms with van der Waals surface area (Å²) in [5, 5.41) is 3.25. The highest BCUT2D eigenvalue weighted by molar-refractivity contribution is 5.85. The fourth-order valence-electron chi connectivity index (χ4n) is 1.78. The molecule has 0 aromatic heterocycles. The van der Waals surface area contributed by atoms with Crippen LogP contribution in [0.25, 0.3) is 0 Å². The van der Waals surface area contributed by atoms with Gasteiger partial charge in [-0.1, -0.05) is 6.07 Å². The Kier molecular flexibility index (Phi) is 4.24. The van der Waals surface area contributed by atoms with Crippen LogP contribution in [-0.2, 0) is 0 Å². The van der Waals surface area contributed by atoms with Crippen LogP contribution in [0.3, 0.4) is 0 Å². The second-order valence-electron chi connectivity index (χ2n) is 3.43. The third-order valence-electron chi connectivity index (χ3n) is 2.66. The van der Waals surface area contributed by atoms with Gasteiger partial charge in [-0.05, 0) is 12.1 Å². The van der Waals surface area contributed by atoms with E-state index in [0.717, 1.165) is 24.6 Å². The maximum Gasteiger partial charge on any atom is 0.126 e. The lowest BCUT2D eigenvalue weighted by atomic mass is 9.92. The predicted octanol–water partition coefficient (Wildman–Crippen LogP) is 1.81. The van der Waals surface area contributed by atoms with Crippen LogP contribution in [0.1, 0.15) is 11.5 Å². The van der Waals surface area contributed by atoms with Crippen molar-refractivity contribution in [2.45, 2.75) is 5.92 Å². The number of halogens is 1. The van der Waals surface area contributed by atoms with Crippen LogP contribution < -0.4 is 14.8 Å². The van der Waals surface area contributed by atoms with Crippen LogP contribution in [0.5, 0.6) is 11.5 Å². The fraction of sp³-hybridized carbons (Fsp3) is 0.455. The molecule has 4 heteroatoms. The van der Waals surface area contributed by atoms with Crippen LogP contribution in [0.2, 0.25) is 0 Å². The smallest absolute Gasteiger partial charge is 0.126 e. The van der Waals surface area contributed by atoms with Crippen LogP contribution in [-0.4, -0.2) is 27.3 Å². The number of benzene rings is 1. The van der Waals surface area contributed by atoms with Crippen molar-refractivity contribution >= 4 is 12.4 Å². The Morgan fingerprint density at radius 1 is 1.13 bits per heavy atom. The Morgan fingerprint density at radius 2 is 1.67 bits per heavy atom. The van der Waals surface area contributed by atoms with E-state index in [-0.39, 0.29) is 12.4 Å². The molecular weight excluding hydrogens is 214 g/mol. The first-order chi connectivity index (χ1) is 6.86. The van der Waals surface area contributed by atoms with E-state index in [1.807, 2.05) is 18.2 Å². The minimum absolute atomic E-state index is 0. The normalized spacial score (nSPS) is 15.1. The van der Waals surface area contributed by atoms with Gasteiger partial charge in [-0.2, -0.15) is 0 Å². The topological polar surface area (TPSA) is 30.5 Å². The van der Waals surface area contributed by atoms with Gasteiger partial charge in [0, 0.05) is 24.6 Å². The quantitative estimate of drug-likeness (QED) is 0.858. The molecule has 2 rings (SSSR count). The van der Waals surface area contributed by atoms with E-state index in [1.54, 1.807) is 14.2 Å². The molecule has 15 heavy (non-hydrogen) atoms. The summed E-state index contributed by atoms with van der Waals surface area (Å²) < 4.78 is 10.7. The molecule has 0 saturated carbocycles. The lowest BCUT2D eigenvalue weighted by molar-refractivity contribution is 0.357. The van der Waals surface area contributed by atoms with Gasteiger partial charge in [0.05, 0.1) is 14.2 Å². The molecule has 1 aliphatic heterocycles. The van der Waals surface area contributed by atoms with E-state index in [9.17, 15) is 0 Å². The number of rotatable bonds is 3. The molecule has 0 radical (unpaired) electrons. The zero-order valence-electron chi connectivity index (χ0n) is 8.95. The molecule has 0 unspecified atom stereocenters. The molecule has 84 valence electrons. The van der Waals surface area contributed by atoms with Crippen molar-refractivity contribution in [3.8, 4) is 11.5 Å². The largest absolute Gasteiger partial charge is 0.496 e. The molecule has 0 aliphatic carbocycles. The molecule has 1 aromatic carbocycles. The first kappa shape index (κ1) is 12.1. The van der Waals surface area contributed by atoms with Gasteiger partial charge in [-0.25, -0.2) is 0 Å². The number of methoxy groups -OCH3 is 2. The zero-order valence-corrected chi connectivity index (χ0v) is 9.76. The minimum Gasteiger partial charge on any atom is -0.496 e. The molecule has 0 amide bonds. The van der Waals surface area contributed by atoms with E-state index >= 15 is 0 Å². The zero-order chi connectivity index (χ0) is 9.97. The number of ether oxygens (including phenoxy) is 2. The highest BCUT2D eigenvalue weighted by Gasteiger charge is 2.25. The van der Waals surface area contributed by atoms with Crippen molar-refractivity contribution < 1.29 is 9.47 Å². The standard InChI is InChI=1S/C11H15NO2.ClH/c1-13-9-4-3-5-10(14-2)11(9)8-6-12-7-8;/h3-5,8,12H,6-7H2,1-2H3;1H. The lowest BCUT2D eigenvalue weighted by Crippen LogP contribution is -2.40. The summed E-state index contributed by atoms with van der Waals surface area (Å²) in [4.78, 5) is 0. The molecule has 1 heterocycles. The van der Waals surface area contributed by atoms with Crippen molar-refractivity contribution in [3.63, 3.8) is 0 Å². The Morgan fingerprint density at radius 3 is 2.00 bits per heavy atom. The molecular formula is C11H16ClNO2. The Bertz CT molecular complexity index is 304. The van der Waals surface area contributed by atoms with Gasteiger partial charge in [-0.15, -0.1) is 12.4 Å². The molecule has 0 atom stereocenters. The lowest BCUT2D eigenvalue weighted by Gasteiger charge is -2.29. The molecule has 1 aromatic rings. The van der Waals surface area contributed by atoms with Gasteiger partial charge in [0.15, 0.2) is 0 Å². The second-order valence-corrected chi connectivity index (χ2v) is 3.43. The first-order valence-corrected chi connectivity index (χ1v) is 4.78. The number of nitrogens with one attached hydrogen (secondary N) is 1. The van der Waals surface area contributed by atoms with Crippen molar-refractivity contribution in [2.75, 3.05) is 27.3 Å². The number of hydrogen-bond donors (Lipinski definition) is 1. The molecule has 1 saturated heterocycles. The third kappa shape index (κ3) is 2.19. The van der Waals surface area contributed by atoms with Gasteiger partial charge >= 0.3 is 0 Å². The van der Waals surface area contributed by atoms with Gasteiger partial charge in [0.25, 0.3) is 0 Å². The average molecular weight is 230 g/mol. The van der Waals surface area contributed by atoms with E-state index in [2.05, 4.69) is 5.32 Å². The molecule has 0 bridgehead atoms. The van der Waals surface area contributed by atoms with Gasteiger partial charge in [0.1, 0.15) is 11.5 Å². The summed E-state index contributed by atoms with van der Waals surface area (Å²) in [5.41, 5.74) is 1.19. The predicted molar refractivity (Wildman–Crippen MR) is 62.4 cm³/mol. The summed E-state index contributed by atoms with van der Waals surface area (Å²) in [7, 11) is 3.40. The molecule has 0 spiro atoms. The van der Waals surface area contributed by atoms with Crippen LogP contribution >= 0.6 is 12.4 Å². The van der Waals surface area contributed by atoms with Gasteiger partial charge in [-0.3, -0.25) is 0 Å². The van der Waals surface area contributed by atoms with Crippen molar-refractivity contribution in [1.82, 2.24) is 5.32 Å². The van der Waals surface area contributed by atoms with Gasteiger partial charge < -0.3 is 14.8 Å². The summed E-state index contributed by atoms with van der Waals surface area (Å²) in [6.45, 7) is 2.02. The van der Waals surface area contributed by atoms with Crippen LogP contribution in [0.15, 0.2) is 18.2 Å².